The molecule has 1 aromatic carbocycles. The van der Waals surface area contributed by atoms with Crippen LogP contribution in [0.2, 0.25) is 0 Å². The molecule has 0 bridgehead atoms. The molecule has 1 aliphatic rings. The van der Waals surface area contributed by atoms with Gasteiger partial charge in [0.15, 0.2) is 0 Å². The first-order valence-electron chi connectivity index (χ1n) is 7.45. The molecule has 1 aliphatic heterocycles. The van der Waals surface area contributed by atoms with E-state index in [4.69, 9.17) is 0 Å². The number of rotatable bonds is 3. The average molecular weight is 293 g/mol. The maximum Gasteiger partial charge on any atom is 0.319 e. The normalized spacial score (nSPS) is 17.6. The van der Waals surface area contributed by atoms with Gasteiger partial charge in [-0.15, -0.1) is 0 Å². The zero-order valence-corrected chi connectivity index (χ0v) is 13.0. The van der Waals surface area contributed by atoms with Crippen LogP contribution < -0.4 is 5.32 Å². The van der Waals surface area contributed by atoms with Crippen LogP contribution in [0.3, 0.4) is 0 Å². The quantitative estimate of drug-likeness (QED) is 0.930. The minimum absolute atomic E-state index is 0.0210. The summed E-state index contributed by atoms with van der Waals surface area (Å²) in [6, 6.07) is 7.24. The number of halogens is 1. The van der Waals surface area contributed by atoms with Gasteiger partial charge in [-0.2, -0.15) is 0 Å². The van der Waals surface area contributed by atoms with Gasteiger partial charge in [0.2, 0.25) is 0 Å². The zero-order valence-electron chi connectivity index (χ0n) is 13.0. The van der Waals surface area contributed by atoms with Crippen LogP contribution in [-0.4, -0.2) is 49.1 Å². The number of nitrogens with one attached hydrogen (secondary N) is 1. The average Bonchev–Trinajstić information content (AvgIpc) is 2.47. The van der Waals surface area contributed by atoms with Crippen LogP contribution in [0.5, 0.6) is 0 Å². The maximum atomic E-state index is 13.8. The molecule has 1 aromatic rings. The standard InChI is InChI=1S/C16H24FN3O/c1-12(14-6-4-5-7-15(14)17)18-13-8-10-20(11-9-13)16(21)19(2)3/h4-7,12-13,18H,8-11H2,1-3H3/t12-/m1/s1. The Bertz CT molecular complexity index is 484. The number of amides is 2. The highest BCUT2D eigenvalue weighted by atomic mass is 19.1. The van der Waals surface area contributed by atoms with Gasteiger partial charge in [-0.05, 0) is 25.8 Å². The summed E-state index contributed by atoms with van der Waals surface area (Å²) in [5, 5.41) is 3.47. The largest absolute Gasteiger partial charge is 0.331 e. The Morgan fingerprint density at radius 2 is 1.95 bits per heavy atom. The molecule has 116 valence electrons. The lowest BCUT2D eigenvalue weighted by molar-refractivity contribution is 0.151. The third-order valence-corrected chi connectivity index (χ3v) is 4.01. The Labute approximate surface area is 125 Å². The fourth-order valence-corrected chi connectivity index (χ4v) is 2.79. The van der Waals surface area contributed by atoms with Gasteiger partial charge in [-0.1, -0.05) is 18.2 Å². The van der Waals surface area contributed by atoms with E-state index in [1.807, 2.05) is 24.0 Å². The summed E-state index contributed by atoms with van der Waals surface area (Å²) in [5.74, 6) is -0.169. The highest BCUT2D eigenvalue weighted by Crippen LogP contribution is 2.20. The number of nitrogens with zero attached hydrogens (tertiary/aromatic N) is 2. The van der Waals surface area contributed by atoms with Crippen LogP contribution in [0, 0.1) is 5.82 Å². The van der Waals surface area contributed by atoms with Gasteiger partial charge in [-0.3, -0.25) is 0 Å². The van der Waals surface area contributed by atoms with Crippen molar-refractivity contribution in [3.63, 3.8) is 0 Å². The van der Waals surface area contributed by atoms with E-state index in [2.05, 4.69) is 5.32 Å². The van der Waals surface area contributed by atoms with E-state index >= 15 is 0 Å². The number of carbonyl (C=O) groups is 1. The van der Waals surface area contributed by atoms with Crippen molar-refractivity contribution in [1.82, 2.24) is 15.1 Å². The summed E-state index contributed by atoms with van der Waals surface area (Å²) in [4.78, 5) is 15.3. The van der Waals surface area contributed by atoms with E-state index in [-0.39, 0.29) is 17.9 Å². The number of benzene rings is 1. The number of carbonyl (C=O) groups excluding carboxylic acids is 1. The molecule has 0 unspecified atom stereocenters. The van der Waals surface area contributed by atoms with E-state index in [1.54, 1.807) is 25.1 Å². The van der Waals surface area contributed by atoms with Crippen molar-refractivity contribution in [1.29, 1.82) is 0 Å². The van der Waals surface area contributed by atoms with Crippen molar-refractivity contribution < 1.29 is 9.18 Å². The fourth-order valence-electron chi connectivity index (χ4n) is 2.79. The number of hydrogen-bond donors (Lipinski definition) is 1. The Morgan fingerprint density at radius 3 is 2.52 bits per heavy atom. The molecule has 0 aromatic heterocycles. The van der Waals surface area contributed by atoms with E-state index in [1.165, 1.54) is 6.07 Å². The van der Waals surface area contributed by atoms with E-state index in [0.717, 1.165) is 25.9 Å². The lowest BCUT2D eigenvalue weighted by Crippen LogP contribution is -2.48. The molecule has 1 fully saturated rings. The summed E-state index contributed by atoms with van der Waals surface area (Å²) in [5.41, 5.74) is 0.698. The summed E-state index contributed by atoms with van der Waals surface area (Å²) in [6.07, 6.45) is 1.80. The van der Waals surface area contributed by atoms with Crippen LogP contribution in [-0.2, 0) is 0 Å². The fraction of sp³-hybridized carbons (Fsp3) is 0.562. The molecule has 0 radical (unpaired) electrons. The molecule has 1 atom stereocenters. The molecule has 1 N–H and O–H groups in total. The minimum atomic E-state index is -0.169. The zero-order chi connectivity index (χ0) is 15.4. The van der Waals surface area contributed by atoms with Gasteiger partial charge in [0.25, 0.3) is 0 Å². The first kappa shape index (κ1) is 15.8. The molecule has 4 nitrogen and oxygen atoms in total. The predicted octanol–water partition coefficient (Wildman–Crippen LogP) is 2.62. The molecular weight excluding hydrogens is 269 g/mol. The van der Waals surface area contributed by atoms with Crippen molar-refractivity contribution in [2.45, 2.75) is 31.8 Å². The first-order valence-corrected chi connectivity index (χ1v) is 7.45. The number of hydrogen-bond acceptors (Lipinski definition) is 2. The van der Waals surface area contributed by atoms with Crippen molar-refractivity contribution in [3.05, 3.63) is 35.6 Å². The molecule has 0 spiro atoms. The highest BCUT2D eigenvalue weighted by Gasteiger charge is 2.25. The maximum absolute atomic E-state index is 13.8. The van der Waals surface area contributed by atoms with Crippen molar-refractivity contribution in [2.24, 2.45) is 0 Å². The van der Waals surface area contributed by atoms with E-state index in [9.17, 15) is 9.18 Å². The molecule has 2 rings (SSSR count). The van der Waals surface area contributed by atoms with Gasteiger partial charge >= 0.3 is 6.03 Å². The smallest absolute Gasteiger partial charge is 0.319 e. The molecule has 2 amide bonds. The van der Waals surface area contributed by atoms with Gasteiger partial charge in [0.1, 0.15) is 5.82 Å². The van der Waals surface area contributed by atoms with Crippen LogP contribution in [0.4, 0.5) is 9.18 Å². The first-order chi connectivity index (χ1) is 9.99. The molecule has 1 saturated heterocycles. The third kappa shape index (κ3) is 3.94. The second-order valence-electron chi connectivity index (χ2n) is 5.85. The van der Waals surface area contributed by atoms with E-state index < -0.39 is 0 Å². The Kier molecular flexibility index (Phi) is 5.17. The second kappa shape index (κ2) is 6.89. The lowest BCUT2D eigenvalue weighted by Gasteiger charge is -2.35. The van der Waals surface area contributed by atoms with E-state index in [0.29, 0.717) is 11.6 Å². The lowest BCUT2D eigenvalue weighted by atomic mass is 10.0. The molecule has 1 heterocycles. The van der Waals surface area contributed by atoms with Crippen LogP contribution in [0.1, 0.15) is 31.4 Å². The predicted molar refractivity (Wildman–Crippen MR) is 81.6 cm³/mol. The number of urea groups is 1. The van der Waals surface area contributed by atoms with Gasteiger partial charge < -0.3 is 15.1 Å². The van der Waals surface area contributed by atoms with Crippen molar-refractivity contribution in [2.75, 3.05) is 27.2 Å². The molecule has 5 heteroatoms. The van der Waals surface area contributed by atoms with Crippen molar-refractivity contribution in [3.8, 4) is 0 Å². The van der Waals surface area contributed by atoms with Gasteiger partial charge in [0, 0.05) is 44.8 Å². The molecule has 21 heavy (non-hydrogen) atoms. The second-order valence-corrected chi connectivity index (χ2v) is 5.85. The summed E-state index contributed by atoms with van der Waals surface area (Å²) in [6.45, 7) is 3.48. The van der Waals surface area contributed by atoms with Gasteiger partial charge in [0.05, 0.1) is 0 Å². The van der Waals surface area contributed by atoms with Crippen LogP contribution in [0.15, 0.2) is 24.3 Å². The molecule has 0 saturated carbocycles. The topological polar surface area (TPSA) is 35.6 Å². The third-order valence-electron chi connectivity index (χ3n) is 4.01. The SMILES string of the molecule is C[C@@H](NC1CCN(C(=O)N(C)C)CC1)c1ccccc1F. The highest BCUT2D eigenvalue weighted by molar-refractivity contribution is 5.73. The monoisotopic (exact) mass is 293 g/mol. The molecular formula is C16H24FN3O. The Hall–Kier alpha value is -1.62. The summed E-state index contributed by atoms with van der Waals surface area (Å²) in [7, 11) is 3.54. The van der Waals surface area contributed by atoms with Crippen molar-refractivity contribution >= 4 is 6.03 Å². The van der Waals surface area contributed by atoms with Gasteiger partial charge in [-0.25, -0.2) is 9.18 Å². The Balaban J connectivity index is 1.86. The summed E-state index contributed by atoms with van der Waals surface area (Å²) < 4.78 is 13.8. The Morgan fingerprint density at radius 1 is 1.33 bits per heavy atom. The molecule has 0 aliphatic carbocycles. The number of likely N-dealkylation sites (tertiary alicyclic amines) is 1. The van der Waals surface area contributed by atoms with Crippen LogP contribution >= 0.6 is 0 Å². The summed E-state index contributed by atoms with van der Waals surface area (Å²) >= 11 is 0. The minimum Gasteiger partial charge on any atom is -0.331 e. The van der Waals surface area contributed by atoms with Crippen LogP contribution in [0.25, 0.3) is 0 Å². The number of piperidine rings is 1.